The van der Waals surface area contributed by atoms with E-state index in [1.54, 1.807) is 0 Å². The van der Waals surface area contributed by atoms with Crippen LogP contribution in [0.15, 0.2) is 24.3 Å². The van der Waals surface area contributed by atoms with Crippen LogP contribution in [0, 0.1) is 41.5 Å². The molecule has 0 atom stereocenters. The second kappa shape index (κ2) is 5.76. The summed E-state index contributed by atoms with van der Waals surface area (Å²) in [6.07, 6.45) is 0. The molecule has 106 valence electrons. The summed E-state index contributed by atoms with van der Waals surface area (Å²) in [4.78, 5) is 0. The fraction of sp³-hybridized carbons (Fsp3) is 0.333. The third kappa shape index (κ3) is 2.71. The van der Waals surface area contributed by atoms with Crippen LogP contribution >= 0.6 is 22.9 Å². The maximum absolute atomic E-state index is 2.42. The molecule has 2 heteroatoms. The van der Waals surface area contributed by atoms with Crippen LogP contribution in [0.4, 0.5) is 11.4 Å². The smallest absolute Gasteiger partial charge is 0.0646 e. The Bertz CT molecular complexity index is 659. The molecule has 2 rings (SSSR count). The zero-order valence-corrected chi connectivity index (χ0v) is 15.3. The van der Waals surface area contributed by atoms with E-state index >= 15 is 0 Å². The van der Waals surface area contributed by atoms with Gasteiger partial charge in [0.1, 0.15) is 0 Å². The Kier molecular flexibility index (Phi) is 4.43. The molecule has 0 aliphatic heterocycles. The highest BCUT2D eigenvalue weighted by Crippen LogP contribution is 2.38. The molecule has 2 aromatic rings. The minimum absolute atomic E-state index is 1.27. The summed E-state index contributed by atoms with van der Waals surface area (Å²) in [5, 5.41) is 0. The number of aryl methyl sites for hydroxylation is 4. The Morgan fingerprint density at radius 2 is 1.40 bits per heavy atom. The lowest BCUT2D eigenvalue weighted by Gasteiger charge is -2.25. The van der Waals surface area contributed by atoms with E-state index in [2.05, 4.69) is 91.8 Å². The van der Waals surface area contributed by atoms with Crippen molar-refractivity contribution in [3.05, 3.63) is 57.6 Å². The molecule has 0 unspecified atom stereocenters. The van der Waals surface area contributed by atoms with Gasteiger partial charge in [0, 0.05) is 0 Å². The van der Waals surface area contributed by atoms with Gasteiger partial charge in [0.25, 0.3) is 0 Å². The van der Waals surface area contributed by atoms with Crippen molar-refractivity contribution in [1.82, 2.24) is 0 Å². The topological polar surface area (TPSA) is 3.24 Å². The highest BCUT2D eigenvalue weighted by Gasteiger charge is 2.16. The predicted octanol–water partition coefficient (Wildman–Crippen LogP) is 6.03. The maximum atomic E-state index is 2.42. The minimum Gasteiger partial charge on any atom is -0.282 e. The first-order valence-corrected chi connectivity index (χ1v) is 7.90. The van der Waals surface area contributed by atoms with E-state index in [0.717, 1.165) is 0 Å². The number of benzene rings is 2. The quantitative estimate of drug-likeness (QED) is 0.455. The molecule has 0 fully saturated rings. The number of anilines is 2. The van der Waals surface area contributed by atoms with Crippen LogP contribution in [0.25, 0.3) is 0 Å². The van der Waals surface area contributed by atoms with Gasteiger partial charge in [0.15, 0.2) is 0 Å². The molecule has 0 spiro atoms. The van der Waals surface area contributed by atoms with Gasteiger partial charge >= 0.3 is 0 Å². The number of hydrogen-bond donors (Lipinski definition) is 0. The molecule has 0 amide bonds. The third-order valence-corrected chi connectivity index (χ3v) is 5.08. The molecular weight excluding hydrogens is 357 g/mol. The van der Waals surface area contributed by atoms with Crippen molar-refractivity contribution in [2.24, 2.45) is 0 Å². The molecule has 0 heterocycles. The Labute approximate surface area is 136 Å². The first kappa shape index (κ1) is 15.4. The van der Waals surface area contributed by atoms with E-state index in [4.69, 9.17) is 0 Å². The van der Waals surface area contributed by atoms with E-state index in [-0.39, 0.29) is 0 Å². The fourth-order valence-electron chi connectivity index (χ4n) is 2.72. The Morgan fingerprint density at radius 3 is 2.00 bits per heavy atom. The summed E-state index contributed by atoms with van der Waals surface area (Å²) in [5.41, 5.74) is 10.7. The first-order valence-electron chi connectivity index (χ1n) is 6.93. The third-order valence-electron chi connectivity index (χ3n) is 4.08. The molecule has 0 bridgehead atoms. The number of halogens is 1. The molecule has 0 radical (unpaired) electrons. The zero-order chi connectivity index (χ0) is 15.0. The molecule has 20 heavy (non-hydrogen) atoms. The average molecular weight is 379 g/mol. The molecule has 0 saturated heterocycles. The van der Waals surface area contributed by atoms with Gasteiger partial charge in [-0.1, -0.05) is 23.8 Å². The number of nitrogens with zero attached hydrogens (tertiary/aromatic N) is 1. The van der Waals surface area contributed by atoms with Crippen LogP contribution in [0.2, 0.25) is 0 Å². The lowest BCUT2D eigenvalue weighted by Crippen LogP contribution is -2.08. The number of hydrogen-bond acceptors (Lipinski definition) is 1. The van der Waals surface area contributed by atoms with Crippen molar-refractivity contribution in [3.63, 3.8) is 0 Å². The Balaban J connectivity index is 2.59. The summed E-state index contributed by atoms with van der Waals surface area (Å²) in [6.45, 7) is 13.1. The Morgan fingerprint density at radius 1 is 0.750 bits per heavy atom. The van der Waals surface area contributed by atoms with Crippen molar-refractivity contribution in [2.45, 2.75) is 41.5 Å². The molecule has 0 aliphatic rings. The van der Waals surface area contributed by atoms with Gasteiger partial charge in [-0.05, 0) is 75.4 Å². The van der Waals surface area contributed by atoms with Crippen LogP contribution in [-0.2, 0) is 0 Å². The number of rotatable bonds is 2. The highest BCUT2D eigenvalue weighted by atomic mass is 127. The largest absolute Gasteiger partial charge is 0.282 e. The monoisotopic (exact) mass is 379 g/mol. The lowest BCUT2D eigenvalue weighted by molar-refractivity contribution is 1.21. The van der Waals surface area contributed by atoms with Gasteiger partial charge in [-0.2, -0.15) is 0 Å². The van der Waals surface area contributed by atoms with Gasteiger partial charge in [-0.25, -0.2) is 0 Å². The summed E-state index contributed by atoms with van der Waals surface area (Å²) in [6, 6.07) is 8.92. The summed E-state index contributed by atoms with van der Waals surface area (Å²) in [5.74, 6) is 0. The molecule has 0 aromatic heterocycles. The first-order chi connectivity index (χ1) is 9.32. The fourth-order valence-corrected chi connectivity index (χ4v) is 4.00. The van der Waals surface area contributed by atoms with E-state index < -0.39 is 0 Å². The molecule has 0 saturated carbocycles. The maximum Gasteiger partial charge on any atom is 0.0646 e. The molecular formula is C18H22IN. The molecule has 1 nitrogen and oxygen atoms in total. The highest BCUT2D eigenvalue weighted by molar-refractivity contribution is 14.1. The van der Waals surface area contributed by atoms with E-state index in [1.165, 1.54) is 44.8 Å². The second-order valence-electron chi connectivity index (χ2n) is 5.68. The van der Waals surface area contributed by atoms with Crippen LogP contribution < -0.4 is 3.11 Å². The predicted molar refractivity (Wildman–Crippen MR) is 97.5 cm³/mol. The SMILES string of the molecule is Cc1ccc(N(I)c2c(C)cc(C)c(C)c2C)c(C)c1. The normalized spacial score (nSPS) is 10.8. The molecule has 0 N–H and O–H groups in total. The molecule has 2 aromatic carbocycles. The van der Waals surface area contributed by atoms with E-state index in [0.29, 0.717) is 0 Å². The molecule has 0 aliphatic carbocycles. The van der Waals surface area contributed by atoms with Gasteiger partial charge in [0.2, 0.25) is 0 Å². The second-order valence-corrected chi connectivity index (χ2v) is 6.64. The zero-order valence-electron chi connectivity index (χ0n) is 13.1. The standard InChI is InChI=1S/C18H22IN/c1-11-7-8-17(13(3)9-11)20(19)18-14(4)10-12(2)15(5)16(18)6/h7-10H,1-6H3. The lowest BCUT2D eigenvalue weighted by atomic mass is 9.98. The van der Waals surface area contributed by atoms with Crippen LogP contribution in [0.1, 0.15) is 33.4 Å². The summed E-state index contributed by atoms with van der Waals surface area (Å²) < 4.78 is 2.30. The van der Waals surface area contributed by atoms with Crippen molar-refractivity contribution < 1.29 is 0 Å². The van der Waals surface area contributed by atoms with Gasteiger partial charge in [-0.15, -0.1) is 0 Å². The Hall–Kier alpha value is -1.03. The van der Waals surface area contributed by atoms with Crippen LogP contribution in [0.5, 0.6) is 0 Å². The van der Waals surface area contributed by atoms with Gasteiger partial charge in [-0.3, -0.25) is 3.11 Å². The van der Waals surface area contributed by atoms with Crippen molar-refractivity contribution in [2.75, 3.05) is 3.11 Å². The van der Waals surface area contributed by atoms with Gasteiger partial charge < -0.3 is 0 Å². The summed E-state index contributed by atoms with van der Waals surface area (Å²) >= 11 is 2.42. The van der Waals surface area contributed by atoms with E-state index in [1.807, 2.05) is 0 Å². The van der Waals surface area contributed by atoms with Gasteiger partial charge in [0.05, 0.1) is 34.2 Å². The van der Waals surface area contributed by atoms with Crippen LogP contribution in [-0.4, -0.2) is 0 Å². The minimum atomic E-state index is 1.27. The van der Waals surface area contributed by atoms with Crippen molar-refractivity contribution in [3.8, 4) is 0 Å². The van der Waals surface area contributed by atoms with Crippen molar-refractivity contribution >= 4 is 34.2 Å². The average Bonchev–Trinajstić information content (AvgIpc) is 2.36. The van der Waals surface area contributed by atoms with E-state index in [9.17, 15) is 0 Å². The van der Waals surface area contributed by atoms with Crippen LogP contribution in [0.3, 0.4) is 0 Å². The summed E-state index contributed by atoms with van der Waals surface area (Å²) in [7, 11) is 0. The van der Waals surface area contributed by atoms with Crippen molar-refractivity contribution in [1.29, 1.82) is 0 Å².